The molecule has 1 aliphatic rings. The molecule has 1 fully saturated rings. The summed E-state index contributed by atoms with van der Waals surface area (Å²) in [6, 6.07) is 0. The van der Waals surface area contributed by atoms with Crippen LogP contribution >= 0.6 is 0 Å². The first-order chi connectivity index (χ1) is 4.70. The molecule has 0 radical (unpaired) electrons. The van der Waals surface area contributed by atoms with Gasteiger partial charge in [-0.15, -0.1) is 0 Å². The first kappa shape index (κ1) is 7.50. The van der Waals surface area contributed by atoms with Gasteiger partial charge < -0.3 is 15.2 Å². The minimum atomic E-state index is -0.896. The largest absolute Gasteiger partial charge is 0.479 e. The molecule has 1 atom stereocenters. The molecule has 4 heteroatoms. The van der Waals surface area contributed by atoms with Crippen molar-refractivity contribution >= 4 is 5.97 Å². The number of aliphatic carboxylic acids is 1. The van der Waals surface area contributed by atoms with Crippen LogP contribution in [0, 0.1) is 0 Å². The van der Waals surface area contributed by atoms with E-state index < -0.39 is 12.1 Å². The number of nitrogens with one attached hydrogen (secondary N) is 1. The van der Waals surface area contributed by atoms with E-state index >= 15 is 0 Å². The summed E-state index contributed by atoms with van der Waals surface area (Å²) < 4.78 is 5.09. The summed E-state index contributed by atoms with van der Waals surface area (Å²) in [5.41, 5.74) is 0. The number of rotatable bonds is 3. The highest BCUT2D eigenvalue weighted by molar-refractivity contribution is 5.71. The number of carboxylic acid groups (broad SMARTS) is 1. The molecule has 0 amide bonds. The Kier molecular flexibility index (Phi) is 2.24. The van der Waals surface area contributed by atoms with Crippen molar-refractivity contribution in [3.63, 3.8) is 0 Å². The van der Waals surface area contributed by atoms with Crippen LogP contribution in [0.2, 0.25) is 0 Å². The third kappa shape index (κ3) is 1.68. The molecule has 58 valence electrons. The first-order valence-corrected chi connectivity index (χ1v) is 3.29. The van der Waals surface area contributed by atoms with Crippen LogP contribution in [0.25, 0.3) is 0 Å². The van der Waals surface area contributed by atoms with E-state index in [9.17, 15) is 4.79 Å². The summed E-state index contributed by atoms with van der Waals surface area (Å²) in [6.45, 7) is 3.09. The first-order valence-electron chi connectivity index (χ1n) is 3.29. The molecule has 0 aromatic carbocycles. The normalized spacial score (nSPS) is 21.7. The van der Waals surface area contributed by atoms with Crippen LogP contribution in [-0.4, -0.2) is 36.4 Å². The molecule has 2 N–H and O–H groups in total. The molecule has 1 heterocycles. The number of hydrogen-bond donors (Lipinski definition) is 2. The molecule has 0 spiro atoms. The SMILES string of the molecule is CC(OC1CNC1)C(=O)O. The van der Waals surface area contributed by atoms with Crippen molar-refractivity contribution in [1.82, 2.24) is 5.32 Å². The van der Waals surface area contributed by atoms with E-state index in [1.807, 2.05) is 0 Å². The smallest absolute Gasteiger partial charge is 0.332 e. The van der Waals surface area contributed by atoms with Gasteiger partial charge in [-0.1, -0.05) is 0 Å². The lowest BCUT2D eigenvalue weighted by molar-refractivity contribution is -0.154. The Morgan fingerprint density at radius 2 is 2.40 bits per heavy atom. The van der Waals surface area contributed by atoms with E-state index in [2.05, 4.69) is 5.32 Å². The molecule has 0 aliphatic carbocycles. The van der Waals surface area contributed by atoms with E-state index in [-0.39, 0.29) is 6.10 Å². The fourth-order valence-electron chi connectivity index (χ4n) is 0.705. The maximum Gasteiger partial charge on any atom is 0.332 e. The predicted molar refractivity (Wildman–Crippen MR) is 34.8 cm³/mol. The minimum absolute atomic E-state index is 0.103. The summed E-state index contributed by atoms with van der Waals surface area (Å²) in [5.74, 6) is -0.896. The molecule has 10 heavy (non-hydrogen) atoms. The average molecular weight is 145 g/mol. The second-order valence-corrected chi connectivity index (χ2v) is 2.40. The van der Waals surface area contributed by atoms with Crippen LogP contribution in [-0.2, 0) is 9.53 Å². The Hall–Kier alpha value is -0.610. The summed E-state index contributed by atoms with van der Waals surface area (Å²) in [6.07, 6.45) is -0.571. The maximum atomic E-state index is 10.2. The molecular formula is C6H11NO3. The fourth-order valence-corrected chi connectivity index (χ4v) is 0.705. The fraction of sp³-hybridized carbons (Fsp3) is 0.833. The van der Waals surface area contributed by atoms with Gasteiger partial charge in [-0.3, -0.25) is 0 Å². The molecular weight excluding hydrogens is 134 g/mol. The average Bonchev–Trinajstić information content (AvgIpc) is 1.77. The Morgan fingerprint density at radius 1 is 1.80 bits per heavy atom. The molecule has 0 aromatic rings. The number of ether oxygens (including phenoxy) is 1. The number of hydrogen-bond acceptors (Lipinski definition) is 3. The summed E-state index contributed by atoms with van der Waals surface area (Å²) in [7, 11) is 0. The van der Waals surface area contributed by atoms with Crippen LogP contribution in [0.3, 0.4) is 0 Å². The monoisotopic (exact) mass is 145 g/mol. The quantitative estimate of drug-likeness (QED) is 0.559. The van der Waals surface area contributed by atoms with E-state index in [1.165, 1.54) is 0 Å². The van der Waals surface area contributed by atoms with Crippen molar-refractivity contribution in [2.24, 2.45) is 0 Å². The Labute approximate surface area is 59.2 Å². The topological polar surface area (TPSA) is 58.6 Å². The van der Waals surface area contributed by atoms with Crippen molar-refractivity contribution in [1.29, 1.82) is 0 Å². The van der Waals surface area contributed by atoms with E-state index in [4.69, 9.17) is 9.84 Å². The lowest BCUT2D eigenvalue weighted by Gasteiger charge is -2.28. The highest BCUT2D eigenvalue weighted by Gasteiger charge is 2.22. The zero-order valence-electron chi connectivity index (χ0n) is 5.83. The predicted octanol–water partition coefficient (Wildman–Crippen LogP) is -0.552. The molecule has 0 bridgehead atoms. The molecule has 1 rings (SSSR count). The minimum Gasteiger partial charge on any atom is -0.479 e. The van der Waals surface area contributed by atoms with E-state index in [1.54, 1.807) is 6.92 Å². The highest BCUT2D eigenvalue weighted by Crippen LogP contribution is 2.02. The second-order valence-electron chi connectivity index (χ2n) is 2.40. The third-order valence-electron chi connectivity index (χ3n) is 1.49. The van der Waals surface area contributed by atoms with Crippen molar-refractivity contribution in [3.05, 3.63) is 0 Å². The Bertz CT molecular complexity index is 133. The lowest BCUT2D eigenvalue weighted by Crippen LogP contribution is -2.50. The van der Waals surface area contributed by atoms with Crippen molar-refractivity contribution in [2.45, 2.75) is 19.1 Å². The lowest BCUT2D eigenvalue weighted by atomic mass is 10.2. The molecule has 1 unspecified atom stereocenters. The zero-order valence-corrected chi connectivity index (χ0v) is 5.83. The number of carbonyl (C=O) groups is 1. The van der Waals surface area contributed by atoms with Crippen molar-refractivity contribution < 1.29 is 14.6 Å². The summed E-state index contributed by atoms with van der Waals surface area (Å²) in [4.78, 5) is 10.2. The Balaban J connectivity index is 2.16. The van der Waals surface area contributed by atoms with Gasteiger partial charge in [0.05, 0.1) is 6.10 Å². The van der Waals surface area contributed by atoms with Gasteiger partial charge in [-0.05, 0) is 6.92 Å². The third-order valence-corrected chi connectivity index (χ3v) is 1.49. The number of carboxylic acids is 1. The molecule has 4 nitrogen and oxygen atoms in total. The van der Waals surface area contributed by atoms with Gasteiger partial charge in [0.2, 0.25) is 0 Å². The molecule has 0 saturated carbocycles. The van der Waals surface area contributed by atoms with Crippen LogP contribution < -0.4 is 5.32 Å². The van der Waals surface area contributed by atoms with E-state index in [0.29, 0.717) is 0 Å². The van der Waals surface area contributed by atoms with Gasteiger partial charge >= 0.3 is 5.97 Å². The van der Waals surface area contributed by atoms with Gasteiger partial charge in [0, 0.05) is 13.1 Å². The van der Waals surface area contributed by atoms with Gasteiger partial charge in [-0.25, -0.2) is 4.79 Å². The van der Waals surface area contributed by atoms with Gasteiger partial charge in [0.25, 0.3) is 0 Å². The van der Waals surface area contributed by atoms with Crippen LogP contribution in [0.15, 0.2) is 0 Å². The van der Waals surface area contributed by atoms with Gasteiger partial charge in [-0.2, -0.15) is 0 Å². The zero-order chi connectivity index (χ0) is 7.56. The summed E-state index contributed by atoms with van der Waals surface area (Å²) in [5, 5.41) is 11.4. The van der Waals surface area contributed by atoms with Crippen molar-refractivity contribution in [3.8, 4) is 0 Å². The molecule has 0 aromatic heterocycles. The van der Waals surface area contributed by atoms with Crippen LogP contribution in [0.1, 0.15) is 6.92 Å². The van der Waals surface area contributed by atoms with Crippen LogP contribution in [0.4, 0.5) is 0 Å². The molecule has 1 saturated heterocycles. The standard InChI is InChI=1S/C6H11NO3/c1-4(6(8)9)10-5-2-7-3-5/h4-5,7H,2-3H2,1H3,(H,8,9). The molecule has 1 aliphatic heterocycles. The Morgan fingerprint density at radius 3 is 2.70 bits per heavy atom. The van der Waals surface area contributed by atoms with Crippen molar-refractivity contribution in [2.75, 3.05) is 13.1 Å². The summed E-state index contributed by atoms with van der Waals surface area (Å²) >= 11 is 0. The van der Waals surface area contributed by atoms with Gasteiger partial charge in [0.15, 0.2) is 6.10 Å². The highest BCUT2D eigenvalue weighted by atomic mass is 16.5. The van der Waals surface area contributed by atoms with Gasteiger partial charge in [0.1, 0.15) is 0 Å². The van der Waals surface area contributed by atoms with E-state index in [0.717, 1.165) is 13.1 Å². The van der Waals surface area contributed by atoms with Crippen LogP contribution in [0.5, 0.6) is 0 Å². The second kappa shape index (κ2) is 2.98. The maximum absolute atomic E-state index is 10.2.